The van der Waals surface area contributed by atoms with Crippen molar-refractivity contribution in [2.45, 2.75) is 38.1 Å². The summed E-state index contributed by atoms with van der Waals surface area (Å²) in [6.07, 6.45) is 5.22. The summed E-state index contributed by atoms with van der Waals surface area (Å²) in [5.41, 5.74) is 2.22. The highest BCUT2D eigenvalue weighted by Crippen LogP contribution is 2.40. The lowest BCUT2D eigenvalue weighted by molar-refractivity contribution is 0.0518. The van der Waals surface area contributed by atoms with Crippen molar-refractivity contribution in [1.29, 1.82) is 0 Å². The van der Waals surface area contributed by atoms with E-state index >= 15 is 0 Å². The first-order valence-electron chi connectivity index (χ1n) is 8.84. The maximum Gasteiger partial charge on any atom is 0.261 e. The van der Waals surface area contributed by atoms with Gasteiger partial charge in [-0.1, -0.05) is 12.1 Å². The molecule has 1 N–H and O–H groups in total. The number of nitrogens with zero attached hydrogens (tertiary/aromatic N) is 2. The Morgan fingerprint density at radius 2 is 1.96 bits per heavy atom. The third kappa shape index (κ3) is 1.84. The smallest absolute Gasteiger partial charge is 0.261 e. The first-order chi connectivity index (χ1) is 11.2. The predicted octanol–water partition coefficient (Wildman–Crippen LogP) is 2.46. The predicted molar refractivity (Wildman–Crippen MR) is 90.1 cm³/mol. The summed E-state index contributed by atoms with van der Waals surface area (Å²) in [7, 11) is 0. The Labute approximate surface area is 135 Å². The molecule has 6 rings (SSSR count). The molecule has 2 aromatic rings. The fourth-order valence-electron chi connectivity index (χ4n) is 5.05. The van der Waals surface area contributed by atoms with Crippen molar-refractivity contribution in [3.8, 4) is 5.88 Å². The molecule has 1 aromatic heterocycles. The molecule has 0 saturated carbocycles. The largest absolute Gasteiger partial charge is 0.494 e. The van der Waals surface area contributed by atoms with Crippen LogP contribution in [-0.4, -0.2) is 34.2 Å². The van der Waals surface area contributed by atoms with Crippen molar-refractivity contribution in [3.05, 3.63) is 39.7 Å². The summed E-state index contributed by atoms with van der Waals surface area (Å²) >= 11 is 0. The minimum atomic E-state index is 0.00347. The number of hydrogen-bond acceptors (Lipinski definition) is 3. The maximum absolute atomic E-state index is 13.2. The lowest BCUT2D eigenvalue weighted by atomic mass is 9.83. The Balaban J connectivity index is 1.78. The molecule has 3 saturated heterocycles. The van der Waals surface area contributed by atoms with Crippen LogP contribution in [0.2, 0.25) is 0 Å². The van der Waals surface area contributed by atoms with E-state index in [-0.39, 0.29) is 17.5 Å². The van der Waals surface area contributed by atoms with Crippen molar-refractivity contribution in [2.24, 2.45) is 5.92 Å². The fraction of sp³-hybridized carbons (Fsp3) is 0.526. The SMILES string of the molecule is O=c1c2cccc3c2c(c(O)n1[C@@H]1CN2CCC1CC2)CCC3. The zero-order chi connectivity index (χ0) is 15.6. The van der Waals surface area contributed by atoms with Crippen molar-refractivity contribution < 1.29 is 5.11 Å². The summed E-state index contributed by atoms with van der Waals surface area (Å²) < 4.78 is 1.74. The van der Waals surface area contributed by atoms with E-state index in [4.69, 9.17) is 0 Å². The Morgan fingerprint density at radius 3 is 2.70 bits per heavy atom. The van der Waals surface area contributed by atoms with Gasteiger partial charge in [0.1, 0.15) is 0 Å². The van der Waals surface area contributed by atoms with Crippen LogP contribution in [-0.2, 0) is 12.8 Å². The third-order valence-corrected chi connectivity index (χ3v) is 6.23. The Kier molecular flexibility index (Phi) is 2.87. The number of fused-ring (bicyclic) bond motifs is 3. The second-order valence-corrected chi connectivity index (χ2v) is 7.38. The molecule has 0 amide bonds. The summed E-state index contributed by atoms with van der Waals surface area (Å²) in [5, 5.41) is 12.8. The van der Waals surface area contributed by atoms with E-state index in [0.717, 1.165) is 68.1 Å². The average Bonchev–Trinajstić information content (AvgIpc) is 2.61. The molecule has 4 heterocycles. The topological polar surface area (TPSA) is 45.5 Å². The maximum atomic E-state index is 13.2. The van der Waals surface area contributed by atoms with Crippen LogP contribution in [0.25, 0.3) is 10.8 Å². The molecular formula is C19H22N2O2. The van der Waals surface area contributed by atoms with Crippen molar-refractivity contribution in [1.82, 2.24) is 9.47 Å². The van der Waals surface area contributed by atoms with E-state index in [1.54, 1.807) is 4.57 Å². The summed E-state index contributed by atoms with van der Waals surface area (Å²) in [6, 6.07) is 6.17. The van der Waals surface area contributed by atoms with Crippen LogP contribution >= 0.6 is 0 Å². The summed E-state index contributed by atoms with van der Waals surface area (Å²) in [5.74, 6) is 0.772. The van der Waals surface area contributed by atoms with Gasteiger partial charge in [-0.05, 0) is 68.1 Å². The summed E-state index contributed by atoms with van der Waals surface area (Å²) in [6.45, 7) is 3.19. The third-order valence-electron chi connectivity index (χ3n) is 6.23. The van der Waals surface area contributed by atoms with Crippen LogP contribution in [0, 0.1) is 5.92 Å². The molecule has 120 valence electrons. The number of aryl methyl sites for hydroxylation is 2. The number of aromatic nitrogens is 1. The van der Waals surface area contributed by atoms with Crippen molar-refractivity contribution in [3.63, 3.8) is 0 Å². The van der Waals surface area contributed by atoms with Crippen molar-refractivity contribution in [2.75, 3.05) is 19.6 Å². The van der Waals surface area contributed by atoms with E-state index in [1.807, 2.05) is 12.1 Å². The molecule has 1 aromatic carbocycles. The average molecular weight is 310 g/mol. The first-order valence-corrected chi connectivity index (χ1v) is 8.84. The molecule has 4 aliphatic rings. The van der Waals surface area contributed by atoms with Gasteiger partial charge in [0.25, 0.3) is 5.56 Å². The van der Waals surface area contributed by atoms with E-state index in [0.29, 0.717) is 5.92 Å². The van der Waals surface area contributed by atoms with Gasteiger partial charge in [-0.3, -0.25) is 9.36 Å². The number of piperidine rings is 3. The highest BCUT2D eigenvalue weighted by atomic mass is 16.3. The molecular weight excluding hydrogens is 288 g/mol. The van der Waals surface area contributed by atoms with Crippen LogP contribution in [0.4, 0.5) is 0 Å². The van der Waals surface area contributed by atoms with Crippen molar-refractivity contribution >= 4 is 10.8 Å². The molecule has 1 atom stereocenters. The zero-order valence-corrected chi connectivity index (χ0v) is 13.3. The molecule has 4 nitrogen and oxygen atoms in total. The zero-order valence-electron chi connectivity index (χ0n) is 13.3. The quantitative estimate of drug-likeness (QED) is 0.880. The number of rotatable bonds is 1. The molecule has 23 heavy (non-hydrogen) atoms. The van der Waals surface area contributed by atoms with Gasteiger partial charge in [0.15, 0.2) is 5.88 Å². The second kappa shape index (κ2) is 4.84. The second-order valence-electron chi connectivity index (χ2n) is 7.38. The van der Waals surface area contributed by atoms with Crippen LogP contribution in [0.3, 0.4) is 0 Å². The van der Waals surface area contributed by atoms with Gasteiger partial charge in [-0.15, -0.1) is 0 Å². The number of pyridine rings is 1. The molecule has 0 unspecified atom stereocenters. The van der Waals surface area contributed by atoms with Gasteiger partial charge in [0.2, 0.25) is 0 Å². The van der Waals surface area contributed by atoms with Gasteiger partial charge in [0, 0.05) is 17.5 Å². The summed E-state index contributed by atoms with van der Waals surface area (Å²) in [4.78, 5) is 15.6. The lowest BCUT2D eigenvalue weighted by Crippen LogP contribution is -2.50. The Morgan fingerprint density at radius 1 is 1.13 bits per heavy atom. The van der Waals surface area contributed by atoms with Gasteiger partial charge >= 0.3 is 0 Å². The van der Waals surface area contributed by atoms with Gasteiger partial charge in [-0.2, -0.15) is 0 Å². The standard InChI is InChI=1S/C19H22N2O2/c22-18-14-5-1-3-13-4-2-6-15(17(13)14)19(23)21(18)16-11-20-9-7-12(16)8-10-20/h1,3,5,12,16,23H,2,4,6-11H2/t16-/m1/s1. The van der Waals surface area contributed by atoms with Crippen LogP contribution in [0.15, 0.2) is 23.0 Å². The van der Waals surface area contributed by atoms with E-state index in [9.17, 15) is 9.90 Å². The molecule has 4 heteroatoms. The normalized spacial score (nSPS) is 29.1. The molecule has 1 aliphatic carbocycles. The molecule has 0 spiro atoms. The van der Waals surface area contributed by atoms with Crippen LogP contribution < -0.4 is 5.56 Å². The van der Waals surface area contributed by atoms with Crippen LogP contribution in [0.5, 0.6) is 5.88 Å². The van der Waals surface area contributed by atoms with E-state index in [2.05, 4.69) is 11.0 Å². The fourth-order valence-corrected chi connectivity index (χ4v) is 5.05. The van der Waals surface area contributed by atoms with Gasteiger partial charge in [0.05, 0.1) is 6.04 Å². The number of aromatic hydroxyl groups is 1. The molecule has 3 aliphatic heterocycles. The Bertz CT molecular complexity index is 847. The highest BCUT2D eigenvalue weighted by molar-refractivity contribution is 5.90. The van der Waals surface area contributed by atoms with Gasteiger partial charge < -0.3 is 10.0 Å². The van der Waals surface area contributed by atoms with Crippen LogP contribution in [0.1, 0.15) is 36.4 Å². The molecule has 2 bridgehead atoms. The minimum absolute atomic E-state index is 0.00347. The minimum Gasteiger partial charge on any atom is -0.494 e. The monoisotopic (exact) mass is 310 g/mol. The lowest BCUT2D eigenvalue weighted by Gasteiger charge is -2.45. The number of hydrogen-bond donors (Lipinski definition) is 1. The molecule has 3 fully saturated rings. The first kappa shape index (κ1) is 13.6. The van der Waals surface area contributed by atoms with Gasteiger partial charge in [-0.25, -0.2) is 0 Å². The Hall–Kier alpha value is -1.81. The van der Waals surface area contributed by atoms with E-state index < -0.39 is 0 Å². The highest BCUT2D eigenvalue weighted by Gasteiger charge is 2.37. The molecule has 0 radical (unpaired) electrons. The number of benzene rings is 1. The van der Waals surface area contributed by atoms with E-state index in [1.165, 1.54) is 5.56 Å².